The van der Waals surface area contributed by atoms with E-state index in [4.69, 9.17) is 23.8 Å². The average Bonchev–Trinajstić information content (AvgIpc) is 4.03. The number of rotatable bonds is 6. The van der Waals surface area contributed by atoms with Crippen LogP contribution in [0.4, 0.5) is 0 Å². The summed E-state index contributed by atoms with van der Waals surface area (Å²) < 4.78 is 15.4. The number of aromatic nitrogens is 4. The highest BCUT2D eigenvalue weighted by Crippen LogP contribution is 2.47. The number of fused-ring (bicyclic) bond motifs is 10. The zero-order chi connectivity index (χ0) is 41.4. The van der Waals surface area contributed by atoms with Gasteiger partial charge in [0.1, 0.15) is 28.2 Å². The molecular weight excluding hydrogens is 773 g/mol. The number of allylic oxidation sites excluding steroid dienone is 4. The maximum absolute atomic E-state index is 6.55. The zero-order valence-corrected chi connectivity index (χ0v) is 33.9. The Morgan fingerprint density at radius 1 is 0.444 bits per heavy atom. The van der Waals surface area contributed by atoms with E-state index in [2.05, 4.69) is 181 Å². The lowest BCUT2D eigenvalue weighted by molar-refractivity contribution is 0.668. The second-order valence-electron chi connectivity index (χ2n) is 16.2. The van der Waals surface area contributed by atoms with Gasteiger partial charge >= 0.3 is 0 Å². The standard InChI is InChI=1S/C57H36N4O2/c1-4-16-35(17-5-1)45-32-39(57-59-55(37-20-8-3-9-21-37)58-56(60-57)38-28-29-42-41-23-11-14-26-48(41)63-51(42)34-38)33-46(36-18-6-2-7-19-36)53(45)61-47-25-13-10-22-40(47)43-30-31-50-52(54(43)61)44-24-12-15-27-49(44)62-50/h1-20,22-34,37H,21H2. The van der Waals surface area contributed by atoms with Gasteiger partial charge in [0, 0.05) is 55.1 Å². The molecule has 0 fully saturated rings. The van der Waals surface area contributed by atoms with Gasteiger partial charge in [0.2, 0.25) is 0 Å². The van der Waals surface area contributed by atoms with Gasteiger partial charge in [-0.2, -0.15) is 0 Å². The van der Waals surface area contributed by atoms with E-state index < -0.39 is 0 Å². The topological polar surface area (TPSA) is 69.9 Å². The van der Waals surface area contributed by atoms with Crippen molar-refractivity contribution in [2.24, 2.45) is 0 Å². The van der Waals surface area contributed by atoms with Crippen LogP contribution < -0.4 is 0 Å². The van der Waals surface area contributed by atoms with Crippen LogP contribution in [-0.4, -0.2) is 19.5 Å². The molecule has 13 rings (SSSR count). The summed E-state index contributed by atoms with van der Waals surface area (Å²) in [5.74, 6) is 1.93. The van der Waals surface area contributed by atoms with E-state index in [0.717, 1.165) is 112 Å². The van der Waals surface area contributed by atoms with Gasteiger partial charge in [-0.05, 0) is 72.1 Å². The third-order valence-electron chi connectivity index (χ3n) is 12.5. The average molecular weight is 809 g/mol. The molecule has 4 heterocycles. The second kappa shape index (κ2) is 14.1. The first-order valence-corrected chi connectivity index (χ1v) is 21.4. The van der Waals surface area contributed by atoms with Crippen molar-refractivity contribution < 1.29 is 8.83 Å². The number of furan rings is 2. The maximum Gasteiger partial charge on any atom is 0.163 e. The Morgan fingerprint density at radius 2 is 1.05 bits per heavy atom. The molecule has 1 aliphatic carbocycles. The van der Waals surface area contributed by atoms with E-state index in [0.29, 0.717) is 11.6 Å². The van der Waals surface area contributed by atoms with E-state index >= 15 is 0 Å². The molecule has 8 aromatic carbocycles. The summed E-state index contributed by atoms with van der Waals surface area (Å²) in [7, 11) is 0. The van der Waals surface area contributed by atoms with E-state index in [-0.39, 0.29) is 5.92 Å². The first-order chi connectivity index (χ1) is 31.2. The van der Waals surface area contributed by atoms with Crippen LogP contribution in [0, 0.1) is 0 Å². The van der Waals surface area contributed by atoms with Crippen LogP contribution in [0.1, 0.15) is 18.2 Å². The Morgan fingerprint density at radius 3 is 1.78 bits per heavy atom. The zero-order valence-electron chi connectivity index (χ0n) is 33.9. The second-order valence-corrected chi connectivity index (χ2v) is 16.2. The fourth-order valence-corrected chi connectivity index (χ4v) is 9.63. The summed E-state index contributed by atoms with van der Waals surface area (Å²) >= 11 is 0. The first kappa shape index (κ1) is 35.4. The van der Waals surface area contributed by atoms with Crippen molar-refractivity contribution in [1.82, 2.24) is 19.5 Å². The molecule has 0 aliphatic heterocycles. The van der Waals surface area contributed by atoms with E-state index in [1.54, 1.807) is 0 Å². The highest BCUT2D eigenvalue weighted by molar-refractivity contribution is 6.25. The quantitative estimate of drug-likeness (QED) is 0.167. The van der Waals surface area contributed by atoms with Crippen molar-refractivity contribution >= 4 is 65.7 Å². The fourth-order valence-electron chi connectivity index (χ4n) is 9.63. The summed E-state index contributed by atoms with van der Waals surface area (Å²) in [6.45, 7) is 0. The molecule has 0 bridgehead atoms. The number of nitrogens with zero attached hydrogens (tertiary/aromatic N) is 4. The van der Waals surface area contributed by atoms with Crippen molar-refractivity contribution in [2.45, 2.75) is 12.3 Å². The number of hydrogen-bond donors (Lipinski definition) is 0. The lowest BCUT2D eigenvalue weighted by Gasteiger charge is -2.21. The SMILES string of the molecule is C1=CCC(c2nc(-c3cc(-c4ccccc4)c(-n4c5ccccc5c5ccc6oc7ccccc7c6c54)c(-c4ccccc4)c3)nc(-c3ccc4c(c3)oc3ccccc34)n2)C=C1. The van der Waals surface area contributed by atoms with Crippen LogP contribution in [0.25, 0.3) is 116 Å². The van der Waals surface area contributed by atoms with Gasteiger partial charge in [0.25, 0.3) is 0 Å². The van der Waals surface area contributed by atoms with Gasteiger partial charge in [-0.25, -0.2) is 15.0 Å². The Balaban J connectivity index is 1.13. The molecule has 6 nitrogen and oxygen atoms in total. The predicted molar refractivity (Wildman–Crippen MR) is 256 cm³/mol. The number of hydrogen-bond acceptors (Lipinski definition) is 5. The molecule has 0 N–H and O–H groups in total. The summed E-state index contributed by atoms with van der Waals surface area (Å²) in [5.41, 5.74) is 12.6. The van der Waals surface area contributed by atoms with Crippen molar-refractivity contribution in [3.8, 4) is 50.7 Å². The molecule has 0 saturated carbocycles. The minimum Gasteiger partial charge on any atom is -0.456 e. The largest absolute Gasteiger partial charge is 0.456 e. The molecular formula is C57H36N4O2. The third kappa shape index (κ3) is 5.69. The Labute approximate surface area is 361 Å². The Kier molecular flexibility index (Phi) is 7.93. The number of para-hydroxylation sites is 3. The van der Waals surface area contributed by atoms with Crippen LogP contribution >= 0.6 is 0 Å². The van der Waals surface area contributed by atoms with Gasteiger partial charge in [0.05, 0.1) is 22.1 Å². The van der Waals surface area contributed by atoms with E-state index in [9.17, 15) is 0 Å². The molecule has 4 aromatic heterocycles. The van der Waals surface area contributed by atoms with Gasteiger partial charge in [0.15, 0.2) is 11.6 Å². The molecule has 12 aromatic rings. The van der Waals surface area contributed by atoms with Crippen molar-refractivity contribution in [3.05, 3.63) is 206 Å². The molecule has 0 spiro atoms. The minimum atomic E-state index is -0.00307. The van der Waals surface area contributed by atoms with Crippen molar-refractivity contribution in [1.29, 1.82) is 0 Å². The van der Waals surface area contributed by atoms with E-state index in [1.807, 2.05) is 24.3 Å². The molecule has 63 heavy (non-hydrogen) atoms. The molecule has 0 saturated heterocycles. The summed E-state index contributed by atoms with van der Waals surface area (Å²) in [6, 6.07) is 61.7. The summed E-state index contributed by atoms with van der Waals surface area (Å²) in [5, 5.41) is 6.65. The third-order valence-corrected chi connectivity index (χ3v) is 12.5. The van der Waals surface area contributed by atoms with Crippen LogP contribution in [0.3, 0.4) is 0 Å². The molecule has 0 amide bonds. The smallest absolute Gasteiger partial charge is 0.163 e. The monoisotopic (exact) mass is 808 g/mol. The first-order valence-electron chi connectivity index (χ1n) is 21.4. The van der Waals surface area contributed by atoms with Crippen LogP contribution in [0.2, 0.25) is 0 Å². The number of benzene rings is 8. The molecule has 1 aliphatic rings. The Hall–Kier alpha value is -8.35. The minimum absolute atomic E-state index is 0.00307. The maximum atomic E-state index is 6.55. The molecule has 0 radical (unpaired) electrons. The molecule has 6 heteroatoms. The summed E-state index contributed by atoms with van der Waals surface area (Å²) in [6.07, 6.45) is 9.33. The summed E-state index contributed by atoms with van der Waals surface area (Å²) in [4.78, 5) is 15.9. The van der Waals surface area contributed by atoms with Gasteiger partial charge in [-0.3, -0.25) is 0 Å². The van der Waals surface area contributed by atoms with Crippen LogP contribution in [0.5, 0.6) is 0 Å². The highest BCUT2D eigenvalue weighted by atomic mass is 16.3. The lowest BCUT2D eigenvalue weighted by Crippen LogP contribution is -2.08. The van der Waals surface area contributed by atoms with Crippen LogP contribution in [0.15, 0.2) is 209 Å². The van der Waals surface area contributed by atoms with E-state index in [1.165, 1.54) is 5.39 Å². The normalized spacial score (nSPS) is 14.0. The van der Waals surface area contributed by atoms with Gasteiger partial charge in [-0.15, -0.1) is 0 Å². The Bertz CT molecular complexity index is 3770. The van der Waals surface area contributed by atoms with Crippen molar-refractivity contribution in [2.75, 3.05) is 0 Å². The van der Waals surface area contributed by atoms with Crippen LogP contribution in [-0.2, 0) is 0 Å². The lowest BCUT2D eigenvalue weighted by atomic mass is 9.92. The molecule has 296 valence electrons. The predicted octanol–water partition coefficient (Wildman–Crippen LogP) is 15.0. The molecule has 1 atom stereocenters. The highest BCUT2D eigenvalue weighted by Gasteiger charge is 2.26. The molecule has 1 unspecified atom stereocenters. The van der Waals surface area contributed by atoms with Crippen molar-refractivity contribution in [3.63, 3.8) is 0 Å². The van der Waals surface area contributed by atoms with Gasteiger partial charge in [-0.1, -0.05) is 146 Å². The fraction of sp³-hybridized carbons (Fsp3) is 0.0351. The van der Waals surface area contributed by atoms with Gasteiger partial charge < -0.3 is 13.4 Å².